The number of hydrogen-bond acceptors (Lipinski definition) is 5. The van der Waals surface area contributed by atoms with Crippen LogP contribution in [0, 0.1) is 0 Å². The molecule has 0 atom stereocenters. The zero-order chi connectivity index (χ0) is 17.5. The van der Waals surface area contributed by atoms with Gasteiger partial charge in [0.1, 0.15) is 6.61 Å². The molecule has 0 fully saturated rings. The summed E-state index contributed by atoms with van der Waals surface area (Å²) >= 11 is 1.68. The molecular formula is C19H21N3O2S. The predicted octanol–water partition coefficient (Wildman–Crippen LogP) is 4.18. The Labute approximate surface area is 152 Å². The van der Waals surface area contributed by atoms with Crippen LogP contribution in [0.3, 0.4) is 0 Å². The van der Waals surface area contributed by atoms with Crippen molar-refractivity contribution < 1.29 is 9.47 Å². The smallest absolute Gasteiger partial charge is 0.191 e. The Morgan fingerprint density at radius 1 is 0.960 bits per heavy atom. The largest absolute Gasteiger partial charge is 0.493 e. The lowest BCUT2D eigenvalue weighted by atomic mass is 10.2. The van der Waals surface area contributed by atoms with Crippen LogP contribution >= 0.6 is 11.8 Å². The monoisotopic (exact) mass is 355 g/mol. The van der Waals surface area contributed by atoms with Crippen LogP contribution in [0.1, 0.15) is 18.3 Å². The standard InChI is InChI=1S/C19H21N3O2S/c1-3-22-18(13-24-17-12-8-7-11-16(17)23-2)20-21-19(22)25-14-15-9-5-4-6-10-15/h4-12H,3,13-14H2,1-2H3. The zero-order valence-corrected chi connectivity index (χ0v) is 15.2. The lowest BCUT2D eigenvalue weighted by molar-refractivity contribution is 0.270. The Kier molecular flexibility index (Phi) is 5.95. The molecular weight excluding hydrogens is 334 g/mol. The van der Waals surface area contributed by atoms with E-state index in [0.29, 0.717) is 18.1 Å². The molecule has 0 saturated heterocycles. The highest BCUT2D eigenvalue weighted by Gasteiger charge is 2.13. The normalized spacial score (nSPS) is 10.6. The van der Waals surface area contributed by atoms with Gasteiger partial charge in [-0.1, -0.05) is 54.2 Å². The summed E-state index contributed by atoms with van der Waals surface area (Å²) in [6, 6.07) is 18.0. The fourth-order valence-corrected chi connectivity index (χ4v) is 3.43. The summed E-state index contributed by atoms with van der Waals surface area (Å²) < 4.78 is 13.3. The first kappa shape index (κ1) is 17.4. The van der Waals surface area contributed by atoms with Crippen molar-refractivity contribution in [2.75, 3.05) is 7.11 Å². The van der Waals surface area contributed by atoms with E-state index in [1.165, 1.54) is 5.56 Å². The molecule has 0 aliphatic rings. The molecule has 3 aromatic rings. The lowest BCUT2D eigenvalue weighted by Gasteiger charge is -2.11. The average molecular weight is 355 g/mol. The van der Waals surface area contributed by atoms with Gasteiger partial charge >= 0.3 is 0 Å². The summed E-state index contributed by atoms with van der Waals surface area (Å²) in [6.45, 7) is 3.24. The maximum atomic E-state index is 5.88. The molecule has 0 unspecified atom stereocenters. The van der Waals surface area contributed by atoms with Crippen LogP contribution < -0.4 is 9.47 Å². The number of para-hydroxylation sites is 2. The van der Waals surface area contributed by atoms with Crippen molar-refractivity contribution in [1.29, 1.82) is 0 Å². The molecule has 0 bridgehead atoms. The van der Waals surface area contributed by atoms with E-state index in [1.54, 1.807) is 18.9 Å². The minimum atomic E-state index is 0.354. The number of aromatic nitrogens is 3. The van der Waals surface area contributed by atoms with Crippen LogP contribution in [0.5, 0.6) is 11.5 Å². The zero-order valence-electron chi connectivity index (χ0n) is 14.4. The molecule has 1 aromatic heterocycles. The molecule has 3 rings (SSSR count). The fourth-order valence-electron chi connectivity index (χ4n) is 2.45. The number of methoxy groups -OCH3 is 1. The molecule has 5 nitrogen and oxygen atoms in total. The van der Waals surface area contributed by atoms with E-state index in [-0.39, 0.29) is 0 Å². The van der Waals surface area contributed by atoms with E-state index >= 15 is 0 Å². The topological polar surface area (TPSA) is 49.2 Å². The molecule has 25 heavy (non-hydrogen) atoms. The van der Waals surface area contributed by atoms with Gasteiger partial charge in [0.05, 0.1) is 7.11 Å². The van der Waals surface area contributed by atoms with Gasteiger partial charge in [0, 0.05) is 12.3 Å². The van der Waals surface area contributed by atoms with Gasteiger partial charge in [-0.3, -0.25) is 0 Å². The fraction of sp³-hybridized carbons (Fsp3) is 0.263. The maximum absolute atomic E-state index is 5.88. The van der Waals surface area contributed by atoms with Gasteiger partial charge < -0.3 is 14.0 Å². The van der Waals surface area contributed by atoms with Crippen LogP contribution in [0.25, 0.3) is 0 Å². The van der Waals surface area contributed by atoms with Crippen LogP contribution in [-0.4, -0.2) is 21.9 Å². The Bertz CT molecular complexity index is 805. The summed E-state index contributed by atoms with van der Waals surface area (Å²) in [5.41, 5.74) is 1.27. The summed E-state index contributed by atoms with van der Waals surface area (Å²) in [4.78, 5) is 0. The summed E-state index contributed by atoms with van der Waals surface area (Å²) in [5, 5.41) is 9.53. The third kappa shape index (κ3) is 4.33. The molecule has 6 heteroatoms. The van der Waals surface area contributed by atoms with Gasteiger partial charge in [-0.25, -0.2) is 0 Å². The second-order valence-corrected chi connectivity index (χ2v) is 6.30. The van der Waals surface area contributed by atoms with E-state index in [9.17, 15) is 0 Å². The number of thioether (sulfide) groups is 1. The van der Waals surface area contributed by atoms with Gasteiger partial charge in [-0.15, -0.1) is 10.2 Å². The van der Waals surface area contributed by atoms with Gasteiger partial charge in [-0.05, 0) is 24.6 Å². The molecule has 0 aliphatic heterocycles. The molecule has 130 valence electrons. The molecule has 2 aromatic carbocycles. The van der Waals surface area contributed by atoms with E-state index in [0.717, 1.165) is 23.3 Å². The first-order valence-electron chi connectivity index (χ1n) is 8.16. The van der Waals surface area contributed by atoms with Crippen LogP contribution in [0.4, 0.5) is 0 Å². The van der Waals surface area contributed by atoms with Gasteiger partial charge in [0.15, 0.2) is 22.5 Å². The molecule has 1 heterocycles. The number of nitrogens with zero attached hydrogens (tertiary/aromatic N) is 3. The van der Waals surface area contributed by atoms with Crippen LogP contribution in [0.2, 0.25) is 0 Å². The summed E-state index contributed by atoms with van der Waals surface area (Å²) in [7, 11) is 1.63. The summed E-state index contributed by atoms with van der Waals surface area (Å²) in [5.74, 6) is 3.09. The Balaban J connectivity index is 1.67. The first-order valence-corrected chi connectivity index (χ1v) is 9.15. The van der Waals surface area contributed by atoms with E-state index < -0.39 is 0 Å². The first-order chi connectivity index (χ1) is 12.3. The van der Waals surface area contributed by atoms with Crippen molar-refractivity contribution in [3.05, 3.63) is 66.0 Å². The molecule has 0 saturated carbocycles. The van der Waals surface area contributed by atoms with Gasteiger partial charge in [0.2, 0.25) is 0 Å². The molecule has 0 aliphatic carbocycles. The van der Waals surface area contributed by atoms with E-state index in [4.69, 9.17) is 9.47 Å². The maximum Gasteiger partial charge on any atom is 0.191 e. The molecule has 0 N–H and O–H groups in total. The van der Waals surface area contributed by atoms with Crippen LogP contribution in [-0.2, 0) is 18.9 Å². The third-order valence-corrected chi connectivity index (χ3v) is 4.78. The quantitative estimate of drug-likeness (QED) is 0.567. The molecule has 0 spiro atoms. The van der Waals surface area contributed by atoms with Crippen molar-refractivity contribution in [1.82, 2.24) is 14.8 Å². The second kappa shape index (κ2) is 8.58. The number of rotatable bonds is 8. The van der Waals surface area contributed by atoms with Crippen molar-refractivity contribution in [2.45, 2.75) is 31.0 Å². The van der Waals surface area contributed by atoms with E-state index in [1.807, 2.05) is 42.5 Å². The minimum absolute atomic E-state index is 0.354. The van der Waals surface area contributed by atoms with Gasteiger partial charge in [-0.2, -0.15) is 0 Å². The SMILES string of the molecule is CCn1c(COc2ccccc2OC)nnc1SCc1ccccc1. The highest BCUT2D eigenvalue weighted by Crippen LogP contribution is 2.27. The Hall–Kier alpha value is -2.47. The Morgan fingerprint density at radius 2 is 1.68 bits per heavy atom. The predicted molar refractivity (Wildman–Crippen MR) is 99.0 cm³/mol. The lowest BCUT2D eigenvalue weighted by Crippen LogP contribution is -2.07. The minimum Gasteiger partial charge on any atom is -0.493 e. The van der Waals surface area contributed by atoms with E-state index in [2.05, 4.69) is 33.8 Å². The van der Waals surface area contributed by atoms with Crippen LogP contribution in [0.15, 0.2) is 59.8 Å². The average Bonchev–Trinajstić information content (AvgIpc) is 3.07. The molecule has 0 amide bonds. The highest BCUT2D eigenvalue weighted by molar-refractivity contribution is 7.98. The van der Waals surface area contributed by atoms with Crippen molar-refractivity contribution in [2.24, 2.45) is 0 Å². The highest BCUT2D eigenvalue weighted by atomic mass is 32.2. The molecule has 0 radical (unpaired) electrons. The van der Waals surface area contributed by atoms with Crippen molar-refractivity contribution >= 4 is 11.8 Å². The number of hydrogen-bond donors (Lipinski definition) is 0. The van der Waals surface area contributed by atoms with Crippen molar-refractivity contribution in [3.63, 3.8) is 0 Å². The van der Waals surface area contributed by atoms with Crippen molar-refractivity contribution in [3.8, 4) is 11.5 Å². The third-order valence-electron chi connectivity index (χ3n) is 3.75. The number of ether oxygens (including phenoxy) is 2. The summed E-state index contributed by atoms with van der Waals surface area (Å²) in [6.07, 6.45) is 0. The Morgan fingerprint density at radius 3 is 2.40 bits per heavy atom. The number of benzene rings is 2. The second-order valence-electron chi connectivity index (χ2n) is 5.36. The van der Waals surface area contributed by atoms with Gasteiger partial charge in [0.25, 0.3) is 0 Å².